The molecular weight excluding hydrogens is 443 g/mol. The van der Waals surface area contributed by atoms with Gasteiger partial charge in [0.2, 0.25) is 0 Å². The first kappa shape index (κ1) is 21.1. The molecule has 30 heavy (non-hydrogen) atoms. The summed E-state index contributed by atoms with van der Waals surface area (Å²) in [5.74, 6) is -5.56. The smallest absolute Gasteiger partial charge is 0.255 e. The lowest BCUT2D eigenvalue weighted by molar-refractivity contribution is -0.0733. The molecule has 4 atom stereocenters. The lowest BCUT2D eigenvalue weighted by atomic mass is 9.63. The van der Waals surface area contributed by atoms with Crippen LogP contribution in [0, 0.1) is 29.3 Å². The molecule has 0 aliphatic heterocycles. The van der Waals surface area contributed by atoms with Crippen LogP contribution in [0.15, 0.2) is 35.2 Å². The monoisotopic (exact) mass is 459 g/mol. The van der Waals surface area contributed by atoms with Crippen molar-refractivity contribution < 1.29 is 31.5 Å². The molecule has 3 aliphatic rings. The first-order valence-electron chi connectivity index (χ1n) is 9.25. The molecule has 3 saturated carbocycles. The van der Waals surface area contributed by atoms with Gasteiger partial charge in [-0.25, -0.2) is 21.6 Å². The third-order valence-electron chi connectivity index (χ3n) is 5.88. The first-order valence-corrected chi connectivity index (χ1v) is 11.2. The van der Waals surface area contributed by atoms with Crippen LogP contribution in [-0.4, -0.2) is 30.8 Å². The van der Waals surface area contributed by atoms with Crippen molar-refractivity contribution >= 4 is 33.0 Å². The van der Waals surface area contributed by atoms with E-state index in [1.54, 1.807) is 0 Å². The Morgan fingerprint density at radius 2 is 1.63 bits per heavy atom. The number of amides is 1. The number of aliphatic hydroxyl groups excluding tert-OH is 1. The van der Waals surface area contributed by atoms with Crippen LogP contribution in [0.1, 0.15) is 29.6 Å². The molecule has 0 aromatic heterocycles. The van der Waals surface area contributed by atoms with E-state index < -0.39 is 44.5 Å². The summed E-state index contributed by atoms with van der Waals surface area (Å²) in [7, 11) is -3.86. The van der Waals surface area contributed by atoms with Gasteiger partial charge in [-0.2, -0.15) is 0 Å². The minimum absolute atomic E-state index is 0.0507. The summed E-state index contributed by atoms with van der Waals surface area (Å²) in [5.41, 5.74) is -0.416. The number of nitrogens with one attached hydrogen (secondary N) is 1. The highest BCUT2D eigenvalue weighted by Crippen LogP contribution is 2.49. The molecule has 3 unspecified atom stereocenters. The average Bonchev–Trinajstić information content (AvgIpc) is 2.71. The highest BCUT2D eigenvalue weighted by atomic mass is 35.5. The number of hydrogen-bond acceptors (Lipinski definition) is 4. The van der Waals surface area contributed by atoms with E-state index in [1.807, 2.05) is 0 Å². The lowest BCUT2D eigenvalue weighted by Crippen LogP contribution is -2.51. The van der Waals surface area contributed by atoms with E-state index in [4.69, 9.17) is 11.6 Å². The summed E-state index contributed by atoms with van der Waals surface area (Å²) in [5, 5.41) is 11.3. The maximum absolute atomic E-state index is 13.4. The van der Waals surface area contributed by atoms with E-state index >= 15 is 0 Å². The van der Waals surface area contributed by atoms with Crippen LogP contribution in [0.4, 0.5) is 18.9 Å². The van der Waals surface area contributed by atoms with E-state index in [2.05, 4.69) is 5.32 Å². The number of hydrogen-bond donors (Lipinski definition) is 2. The fourth-order valence-electron chi connectivity index (χ4n) is 4.23. The summed E-state index contributed by atoms with van der Waals surface area (Å²) in [4.78, 5) is 12.3. The van der Waals surface area contributed by atoms with Crippen molar-refractivity contribution in [3.63, 3.8) is 0 Å². The zero-order valence-corrected chi connectivity index (χ0v) is 17.0. The first-order chi connectivity index (χ1) is 14.1. The second-order valence-corrected chi connectivity index (χ2v) is 10.3. The predicted octanol–water partition coefficient (Wildman–Crippen LogP) is 3.94. The number of carbonyl (C=O) groups excluding carboxylic acids is 1. The number of fused-ring (bicyclic) bond motifs is 2. The summed E-state index contributed by atoms with van der Waals surface area (Å²) in [6, 6.07) is 4.87. The van der Waals surface area contributed by atoms with Gasteiger partial charge in [0, 0.05) is 23.4 Å². The highest BCUT2D eigenvalue weighted by Gasteiger charge is 2.50. The molecule has 0 radical (unpaired) electrons. The topological polar surface area (TPSA) is 83.5 Å². The summed E-state index contributed by atoms with van der Waals surface area (Å²) >= 11 is 6.10. The van der Waals surface area contributed by atoms with Crippen LogP contribution in [0.5, 0.6) is 0 Å². The highest BCUT2D eigenvalue weighted by molar-refractivity contribution is 7.92. The van der Waals surface area contributed by atoms with Crippen molar-refractivity contribution in [3.05, 3.63) is 58.4 Å². The minimum Gasteiger partial charge on any atom is -0.393 e. The largest absolute Gasteiger partial charge is 0.393 e. The third-order valence-corrected chi connectivity index (χ3v) is 8.54. The zero-order chi connectivity index (χ0) is 21.8. The molecular formula is C20H17ClF3NO4S. The van der Waals surface area contributed by atoms with Gasteiger partial charge in [0.15, 0.2) is 27.3 Å². The van der Waals surface area contributed by atoms with E-state index in [0.29, 0.717) is 25.0 Å². The maximum atomic E-state index is 13.4. The molecule has 1 amide bonds. The minimum atomic E-state index is -3.86. The van der Waals surface area contributed by atoms with Gasteiger partial charge in [-0.05, 0) is 49.3 Å². The van der Waals surface area contributed by atoms with Crippen molar-refractivity contribution in [2.24, 2.45) is 11.8 Å². The summed E-state index contributed by atoms with van der Waals surface area (Å²) < 4.78 is 66.0. The molecule has 160 valence electrons. The molecule has 3 fully saturated rings. The molecule has 10 heteroatoms. The molecule has 3 aliphatic carbocycles. The number of sulfone groups is 1. The second kappa shape index (κ2) is 7.55. The summed E-state index contributed by atoms with van der Waals surface area (Å²) in [6.07, 6.45) is 0.969. The van der Waals surface area contributed by atoms with Gasteiger partial charge in [0.25, 0.3) is 5.91 Å². The Morgan fingerprint density at radius 1 is 1.03 bits per heavy atom. The Hall–Kier alpha value is -2.10. The molecule has 2 aromatic rings. The number of benzene rings is 2. The van der Waals surface area contributed by atoms with Gasteiger partial charge >= 0.3 is 0 Å². The molecule has 0 saturated heterocycles. The molecule has 2 N–H and O–H groups in total. The Balaban J connectivity index is 1.59. The second-order valence-electron chi connectivity index (χ2n) is 7.74. The Morgan fingerprint density at radius 3 is 2.20 bits per heavy atom. The zero-order valence-electron chi connectivity index (χ0n) is 15.4. The quantitative estimate of drug-likeness (QED) is 0.678. The molecule has 2 aromatic carbocycles. The van der Waals surface area contributed by atoms with E-state index in [1.165, 1.54) is 12.1 Å². The number of aliphatic hydroxyl groups is 1. The van der Waals surface area contributed by atoms with Crippen molar-refractivity contribution in [2.45, 2.75) is 35.5 Å². The SMILES string of the molecule is O=C(Nc1cc(F)c(F)c(F)c1)c1ccc(Cl)c(S(=O)(=O)C2CC3C[C@@H](C2)C3O)c1. The van der Waals surface area contributed by atoms with Crippen LogP contribution in [0.3, 0.4) is 0 Å². The van der Waals surface area contributed by atoms with Crippen molar-refractivity contribution in [1.82, 2.24) is 0 Å². The molecule has 5 rings (SSSR count). The summed E-state index contributed by atoms with van der Waals surface area (Å²) in [6.45, 7) is 0. The standard InChI is InChI=1S/C20H17ClF3NO4S/c21-14-2-1-9(20(27)25-12-7-15(22)18(24)16(23)8-12)6-17(14)30(28,29)13-4-10-3-11(5-13)19(10)26/h1-2,6-8,10-11,13,19,26H,3-5H2,(H,25,27)/t10-,11?,13?,19?/m0/s1. The number of carbonyl (C=O) groups is 1. The van der Waals surface area contributed by atoms with Crippen molar-refractivity contribution in [2.75, 3.05) is 5.32 Å². The van der Waals surface area contributed by atoms with Gasteiger partial charge in [-0.15, -0.1) is 0 Å². The van der Waals surface area contributed by atoms with Gasteiger partial charge in [0.05, 0.1) is 21.3 Å². The Labute approximate surface area is 175 Å². The van der Waals surface area contributed by atoms with Gasteiger partial charge < -0.3 is 10.4 Å². The van der Waals surface area contributed by atoms with Gasteiger partial charge in [0.1, 0.15) is 0 Å². The lowest BCUT2D eigenvalue weighted by Gasteiger charge is -2.49. The predicted molar refractivity (Wildman–Crippen MR) is 104 cm³/mol. The Bertz CT molecular complexity index is 1110. The fourth-order valence-corrected chi connectivity index (χ4v) is 6.66. The van der Waals surface area contributed by atoms with Crippen molar-refractivity contribution in [1.29, 1.82) is 0 Å². The van der Waals surface area contributed by atoms with Gasteiger partial charge in [-0.1, -0.05) is 11.6 Å². The van der Waals surface area contributed by atoms with E-state index in [9.17, 15) is 31.5 Å². The third kappa shape index (κ3) is 3.59. The molecule has 0 spiro atoms. The van der Waals surface area contributed by atoms with Crippen LogP contribution in [-0.2, 0) is 9.84 Å². The van der Waals surface area contributed by atoms with Crippen LogP contribution in [0.25, 0.3) is 0 Å². The van der Waals surface area contributed by atoms with Crippen LogP contribution >= 0.6 is 11.6 Å². The molecule has 0 heterocycles. The number of rotatable bonds is 4. The molecule has 2 bridgehead atoms. The van der Waals surface area contributed by atoms with Gasteiger partial charge in [-0.3, -0.25) is 4.79 Å². The van der Waals surface area contributed by atoms with E-state index in [0.717, 1.165) is 12.5 Å². The molecule has 5 nitrogen and oxygen atoms in total. The Kier molecular flexibility index (Phi) is 5.32. The normalized spacial score (nSPS) is 25.5. The fraction of sp³-hybridized carbons (Fsp3) is 0.350. The van der Waals surface area contributed by atoms with Crippen LogP contribution < -0.4 is 5.32 Å². The maximum Gasteiger partial charge on any atom is 0.255 e. The van der Waals surface area contributed by atoms with E-state index in [-0.39, 0.29) is 33.0 Å². The number of halogens is 4. The van der Waals surface area contributed by atoms with Crippen molar-refractivity contribution in [3.8, 4) is 0 Å². The number of anilines is 1. The van der Waals surface area contributed by atoms with Crippen LogP contribution in [0.2, 0.25) is 5.02 Å². The average molecular weight is 460 g/mol.